The summed E-state index contributed by atoms with van der Waals surface area (Å²) in [6, 6.07) is 13.0. The summed E-state index contributed by atoms with van der Waals surface area (Å²) in [7, 11) is 1.60. The molecule has 0 saturated heterocycles. The largest absolute Gasteiger partial charge is 0.494 e. The zero-order valence-electron chi connectivity index (χ0n) is 16.5. The van der Waals surface area contributed by atoms with Crippen LogP contribution in [0.2, 0.25) is 0 Å². The number of aryl methyl sites for hydroxylation is 1. The molecule has 2 N–H and O–H groups in total. The molecule has 28 heavy (non-hydrogen) atoms. The molecule has 1 heterocycles. The second kappa shape index (κ2) is 8.52. The molecule has 6 heteroatoms. The summed E-state index contributed by atoms with van der Waals surface area (Å²) in [6.45, 7) is 6.34. The van der Waals surface area contributed by atoms with Gasteiger partial charge in [-0.05, 0) is 53.8 Å². The van der Waals surface area contributed by atoms with Crippen molar-refractivity contribution in [3.05, 3.63) is 69.6 Å². The van der Waals surface area contributed by atoms with Crippen LogP contribution >= 0.6 is 11.8 Å². The number of amidine groups is 1. The molecule has 3 aromatic rings. The van der Waals surface area contributed by atoms with Gasteiger partial charge in [0.15, 0.2) is 5.17 Å². The molecule has 0 saturated carbocycles. The molecule has 146 valence electrons. The van der Waals surface area contributed by atoms with Crippen molar-refractivity contribution in [2.75, 3.05) is 7.11 Å². The van der Waals surface area contributed by atoms with E-state index in [1.807, 2.05) is 37.3 Å². The van der Waals surface area contributed by atoms with Gasteiger partial charge < -0.3 is 14.9 Å². The molecular formula is C22H24N2O3S. The Bertz CT molecular complexity index is 1090. The van der Waals surface area contributed by atoms with Crippen LogP contribution in [0.15, 0.2) is 56.7 Å². The molecule has 0 spiro atoms. The number of nitrogens with two attached hydrogens (primary N) is 1. The van der Waals surface area contributed by atoms with E-state index >= 15 is 0 Å². The average molecular weight is 397 g/mol. The maximum absolute atomic E-state index is 12.0. The highest BCUT2D eigenvalue weighted by molar-refractivity contribution is 8.13. The molecule has 0 amide bonds. The quantitative estimate of drug-likeness (QED) is 0.368. The molecule has 2 aromatic carbocycles. The first-order valence-corrected chi connectivity index (χ1v) is 10.0. The smallest absolute Gasteiger partial charge is 0.336 e. The number of rotatable bonds is 5. The standard InChI is InChI=1S/C22H24N2O3S/c1-13(2)16-11-17-15(10-21(25)27-20(17)9-14(16)3)12-28-22(23)24-18-7-5-6-8-19(18)26-4/h5-11,13H,12H2,1-4H3,(H2,23,24). The van der Waals surface area contributed by atoms with Gasteiger partial charge in [0, 0.05) is 17.2 Å². The number of nitrogens with zero attached hydrogens (tertiary/aromatic N) is 1. The van der Waals surface area contributed by atoms with Gasteiger partial charge in [0.1, 0.15) is 17.0 Å². The Morgan fingerprint density at radius 3 is 2.71 bits per heavy atom. The summed E-state index contributed by atoms with van der Waals surface area (Å²) in [4.78, 5) is 16.4. The van der Waals surface area contributed by atoms with E-state index in [1.54, 1.807) is 7.11 Å². The van der Waals surface area contributed by atoms with E-state index in [0.717, 1.165) is 16.5 Å². The number of methoxy groups -OCH3 is 1. The van der Waals surface area contributed by atoms with E-state index < -0.39 is 0 Å². The van der Waals surface area contributed by atoms with Crippen molar-refractivity contribution < 1.29 is 9.15 Å². The summed E-state index contributed by atoms with van der Waals surface area (Å²) in [5.41, 5.74) is 10.3. The fraction of sp³-hybridized carbons (Fsp3) is 0.273. The Kier molecular flexibility index (Phi) is 6.09. The number of aliphatic imine (C=N–C) groups is 1. The minimum atomic E-state index is -0.361. The van der Waals surface area contributed by atoms with Crippen LogP contribution in [0.4, 0.5) is 5.69 Å². The van der Waals surface area contributed by atoms with Gasteiger partial charge in [-0.3, -0.25) is 0 Å². The highest BCUT2D eigenvalue weighted by Crippen LogP contribution is 2.30. The Morgan fingerprint density at radius 1 is 1.25 bits per heavy atom. The Balaban J connectivity index is 1.92. The lowest BCUT2D eigenvalue weighted by atomic mass is 9.95. The summed E-state index contributed by atoms with van der Waals surface area (Å²) in [5, 5.41) is 1.34. The van der Waals surface area contributed by atoms with Crippen molar-refractivity contribution >= 4 is 33.6 Å². The van der Waals surface area contributed by atoms with Crippen molar-refractivity contribution in [1.29, 1.82) is 0 Å². The average Bonchev–Trinajstić information content (AvgIpc) is 2.65. The van der Waals surface area contributed by atoms with E-state index in [9.17, 15) is 4.79 Å². The Morgan fingerprint density at radius 2 is 2.00 bits per heavy atom. The van der Waals surface area contributed by atoms with Gasteiger partial charge in [0.2, 0.25) is 0 Å². The van der Waals surface area contributed by atoms with Crippen molar-refractivity contribution in [1.82, 2.24) is 0 Å². The number of hydrogen-bond donors (Lipinski definition) is 1. The van der Waals surface area contributed by atoms with Gasteiger partial charge in [0.25, 0.3) is 0 Å². The molecule has 0 radical (unpaired) electrons. The summed E-state index contributed by atoms with van der Waals surface area (Å²) in [6.07, 6.45) is 0. The van der Waals surface area contributed by atoms with E-state index in [1.165, 1.54) is 23.4 Å². The third-order valence-electron chi connectivity index (χ3n) is 4.53. The molecule has 0 aliphatic carbocycles. The minimum absolute atomic E-state index is 0.361. The fourth-order valence-corrected chi connectivity index (χ4v) is 3.86. The number of para-hydroxylation sites is 2. The normalized spacial score (nSPS) is 12.0. The molecule has 0 bridgehead atoms. The third-order valence-corrected chi connectivity index (χ3v) is 5.37. The van der Waals surface area contributed by atoms with Gasteiger partial charge in [-0.2, -0.15) is 0 Å². The monoisotopic (exact) mass is 396 g/mol. The van der Waals surface area contributed by atoms with Crippen LogP contribution in [0.25, 0.3) is 11.0 Å². The van der Waals surface area contributed by atoms with E-state index in [4.69, 9.17) is 14.9 Å². The fourth-order valence-electron chi connectivity index (χ4n) is 3.16. The molecular weight excluding hydrogens is 372 g/mol. The zero-order chi connectivity index (χ0) is 20.3. The molecule has 0 aliphatic rings. The molecule has 0 aliphatic heterocycles. The molecule has 0 unspecified atom stereocenters. The lowest BCUT2D eigenvalue weighted by molar-refractivity contribution is 0.416. The van der Waals surface area contributed by atoms with Gasteiger partial charge in [0.05, 0.1) is 7.11 Å². The van der Waals surface area contributed by atoms with Crippen LogP contribution < -0.4 is 16.1 Å². The summed E-state index contributed by atoms with van der Waals surface area (Å²) >= 11 is 1.38. The van der Waals surface area contributed by atoms with E-state index in [-0.39, 0.29) is 5.63 Å². The molecule has 0 atom stereocenters. The molecule has 1 aromatic heterocycles. The number of fused-ring (bicyclic) bond motifs is 1. The van der Waals surface area contributed by atoms with Crippen molar-refractivity contribution in [3.63, 3.8) is 0 Å². The first kappa shape index (κ1) is 20.0. The second-order valence-electron chi connectivity index (χ2n) is 6.86. The summed E-state index contributed by atoms with van der Waals surface area (Å²) < 4.78 is 10.7. The molecule has 5 nitrogen and oxygen atoms in total. The maximum atomic E-state index is 12.0. The number of ether oxygens (including phenoxy) is 1. The van der Waals surface area contributed by atoms with Crippen LogP contribution in [0, 0.1) is 6.92 Å². The van der Waals surface area contributed by atoms with E-state index in [0.29, 0.717) is 33.9 Å². The summed E-state index contributed by atoms with van der Waals surface area (Å²) in [5.74, 6) is 1.57. The van der Waals surface area contributed by atoms with Crippen molar-refractivity contribution in [3.8, 4) is 5.75 Å². The third kappa shape index (κ3) is 4.39. The molecule has 3 rings (SSSR count). The van der Waals surface area contributed by atoms with Crippen LogP contribution in [-0.4, -0.2) is 12.3 Å². The predicted molar refractivity (Wildman–Crippen MR) is 117 cm³/mol. The topological polar surface area (TPSA) is 77.8 Å². The minimum Gasteiger partial charge on any atom is -0.494 e. The SMILES string of the molecule is COc1ccccc1N=C(N)SCc1cc(=O)oc2cc(C)c(C(C)C)cc12. The van der Waals surface area contributed by atoms with Gasteiger partial charge >= 0.3 is 5.63 Å². The lowest BCUT2D eigenvalue weighted by Gasteiger charge is -2.13. The predicted octanol–water partition coefficient (Wildman–Crippen LogP) is 5.11. The highest BCUT2D eigenvalue weighted by atomic mass is 32.2. The van der Waals surface area contributed by atoms with Crippen LogP contribution in [0.1, 0.15) is 36.5 Å². The van der Waals surface area contributed by atoms with Crippen LogP contribution in [0.3, 0.4) is 0 Å². The van der Waals surface area contributed by atoms with E-state index in [2.05, 4.69) is 24.9 Å². The first-order valence-electron chi connectivity index (χ1n) is 9.06. The van der Waals surface area contributed by atoms with Gasteiger partial charge in [-0.25, -0.2) is 9.79 Å². The Labute approximate surface area is 168 Å². The number of thioether (sulfide) groups is 1. The first-order chi connectivity index (χ1) is 13.4. The molecule has 0 fully saturated rings. The maximum Gasteiger partial charge on any atom is 0.336 e. The lowest BCUT2D eigenvalue weighted by Crippen LogP contribution is -2.08. The highest BCUT2D eigenvalue weighted by Gasteiger charge is 2.12. The number of hydrogen-bond acceptors (Lipinski definition) is 5. The number of benzene rings is 2. The van der Waals surface area contributed by atoms with Crippen LogP contribution in [-0.2, 0) is 5.75 Å². The second-order valence-corrected chi connectivity index (χ2v) is 7.86. The van der Waals surface area contributed by atoms with Crippen molar-refractivity contribution in [2.45, 2.75) is 32.4 Å². The Hall–Kier alpha value is -2.73. The van der Waals surface area contributed by atoms with Crippen molar-refractivity contribution in [2.24, 2.45) is 10.7 Å². The van der Waals surface area contributed by atoms with Gasteiger partial charge in [-0.1, -0.05) is 37.7 Å². The zero-order valence-corrected chi connectivity index (χ0v) is 17.3. The van der Waals surface area contributed by atoms with Crippen LogP contribution in [0.5, 0.6) is 5.75 Å². The van der Waals surface area contributed by atoms with Gasteiger partial charge in [-0.15, -0.1) is 0 Å².